The number of anilines is 1. The van der Waals surface area contributed by atoms with E-state index >= 15 is 0 Å². The molecular weight excluding hydrogens is 349 g/mol. The first kappa shape index (κ1) is 18.3. The van der Waals surface area contributed by atoms with Gasteiger partial charge in [-0.05, 0) is 42.8 Å². The number of para-hydroxylation sites is 1. The lowest BCUT2D eigenvalue weighted by Gasteiger charge is -2.10. The summed E-state index contributed by atoms with van der Waals surface area (Å²) in [6.45, 7) is 1.34. The normalized spacial score (nSPS) is 10.5. The Hall–Kier alpha value is -3.48. The van der Waals surface area contributed by atoms with Gasteiger partial charge in [0.2, 0.25) is 5.91 Å². The molecule has 7 heteroatoms. The molecule has 0 aliphatic rings. The average molecular weight is 367 g/mol. The molecule has 3 rings (SSSR count). The van der Waals surface area contributed by atoms with E-state index in [9.17, 15) is 14.0 Å². The second kappa shape index (κ2) is 7.82. The van der Waals surface area contributed by atoms with Gasteiger partial charge in [0.05, 0.1) is 12.8 Å². The Kier molecular flexibility index (Phi) is 5.30. The van der Waals surface area contributed by atoms with Gasteiger partial charge in [0.15, 0.2) is 0 Å². The van der Waals surface area contributed by atoms with Gasteiger partial charge in [-0.3, -0.25) is 9.59 Å². The van der Waals surface area contributed by atoms with E-state index in [-0.39, 0.29) is 6.54 Å². The van der Waals surface area contributed by atoms with Crippen molar-refractivity contribution in [3.05, 3.63) is 76.3 Å². The van der Waals surface area contributed by atoms with Crippen LogP contribution >= 0.6 is 0 Å². The van der Waals surface area contributed by atoms with Crippen LogP contribution in [0.1, 0.15) is 5.56 Å². The zero-order chi connectivity index (χ0) is 19.4. The van der Waals surface area contributed by atoms with Gasteiger partial charge in [0.25, 0.3) is 5.56 Å². The number of methoxy groups -OCH3 is 1. The number of nitrogens with zero attached hydrogens (tertiary/aromatic N) is 2. The second-order valence-corrected chi connectivity index (χ2v) is 5.93. The van der Waals surface area contributed by atoms with Gasteiger partial charge in [-0.1, -0.05) is 18.2 Å². The van der Waals surface area contributed by atoms with Gasteiger partial charge in [0, 0.05) is 17.3 Å². The molecular formula is C20H18FN3O3. The molecule has 0 saturated heterocycles. The molecule has 0 radical (unpaired) electrons. The summed E-state index contributed by atoms with van der Waals surface area (Å²) in [5.74, 6) is -0.291. The van der Waals surface area contributed by atoms with E-state index in [0.29, 0.717) is 28.3 Å². The monoisotopic (exact) mass is 367 g/mol. The standard InChI is InChI=1S/C20H18FN3O3/c1-13-7-8-14(11-16(13)21)22-19(25)12-24-20(26)10-9-17(23-24)15-5-3-4-6-18(15)27-2/h3-11H,12H2,1-2H3,(H,22,25). The van der Waals surface area contributed by atoms with E-state index in [4.69, 9.17) is 4.74 Å². The molecule has 0 atom stereocenters. The number of carbonyl (C=O) groups is 1. The smallest absolute Gasteiger partial charge is 0.267 e. The lowest BCUT2D eigenvalue weighted by Crippen LogP contribution is -2.29. The number of amides is 1. The zero-order valence-corrected chi connectivity index (χ0v) is 14.9. The lowest BCUT2D eigenvalue weighted by atomic mass is 10.1. The van der Waals surface area contributed by atoms with Crippen LogP contribution < -0.4 is 15.6 Å². The van der Waals surface area contributed by atoms with Crippen molar-refractivity contribution >= 4 is 11.6 Å². The highest BCUT2D eigenvalue weighted by Crippen LogP contribution is 2.27. The minimum atomic E-state index is -0.481. The maximum atomic E-state index is 13.6. The van der Waals surface area contributed by atoms with E-state index < -0.39 is 17.3 Å². The fraction of sp³-hybridized carbons (Fsp3) is 0.150. The maximum absolute atomic E-state index is 13.6. The second-order valence-electron chi connectivity index (χ2n) is 5.93. The van der Waals surface area contributed by atoms with Crippen LogP contribution in [0.3, 0.4) is 0 Å². The third-order valence-electron chi connectivity index (χ3n) is 4.00. The number of aryl methyl sites for hydroxylation is 1. The summed E-state index contributed by atoms with van der Waals surface area (Å²) >= 11 is 0. The van der Waals surface area contributed by atoms with Gasteiger partial charge >= 0.3 is 0 Å². The molecule has 1 N–H and O–H groups in total. The molecule has 3 aromatic rings. The molecule has 6 nitrogen and oxygen atoms in total. The number of aromatic nitrogens is 2. The summed E-state index contributed by atoms with van der Waals surface area (Å²) in [7, 11) is 1.54. The Morgan fingerprint density at radius 2 is 1.96 bits per heavy atom. The van der Waals surface area contributed by atoms with Gasteiger partial charge in [-0.25, -0.2) is 9.07 Å². The van der Waals surface area contributed by atoms with E-state index in [1.165, 1.54) is 12.1 Å². The van der Waals surface area contributed by atoms with E-state index in [1.807, 2.05) is 18.2 Å². The highest BCUT2D eigenvalue weighted by atomic mass is 19.1. The maximum Gasteiger partial charge on any atom is 0.267 e. The van der Waals surface area contributed by atoms with Crippen LogP contribution in [0.4, 0.5) is 10.1 Å². The Bertz CT molecular complexity index is 1050. The summed E-state index contributed by atoms with van der Waals surface area (Å²) < 4.78 is 20.0. The minimum absolute atomic E-state index is 0.294. The van der Waals surface area contributed by atoms with Crippen molar-refractivity contribution in [2.45, 2.75) is 13.5 Å². The first-order valence-corrected chi connectivity index (χ1v) is 8.25. The van der Waals surface area contributed by atoms with Gasteiger partial charge < -0.3 is 10.1 Å². The van der Waals surface area contributed by atoms with Crippen LogP contribution in [0.15, 0.2) is 59.4 Å². The highest BCUT2D eigenvalue weighted by Gasteiger charge is 2.11. The number of ether oxygens (including phenoxy) is 1. The van der Waals surface area contributed by atoms with Gasteiger partial charge in [-0.2, -0.15) is 5.10 Å². The van der Waals surface area contributed by atoms with Crippen LogP contribution in [0.25, 0.3) is 11.3 Å². The SMILES string of the molecule is COc1ccccc1-c1ccc(=O)n(CC(=O)Nc2ccc(C)c(F)c2)n1. The average Bonchev–Trinajstić information content (AvgIpc) is 2.66. The molecule has 1 heterocycles. The molecule has 0 saturated carbocycles. The van der Waals surface area contributed by atoms with Crippen molar-refractivity contribution in [3.63, 3.8) is 0 Å². The van der Waals surface area contributed by atoms with Crippen LogP contribution in [0, 0.1) is 12.7 Å². The topological polar surface area (TPSA) is 73.2 Å². The predicted molar refractivity (Wildman–Crippen MR) is 100 cm³/mol. The van der Waals surface area contributed by atoms with E-state index in [1.54, 1.807) is 38.3 Å². The summed E-state index contributed by atoms with van der Waals surface area (Å²) in [4.78, 5) is 24.3. The number of benzene rings is 2. The Balaban J connectivity index is 1.83. The quantitative estimate of drug-likeness (QED) is 0.752. The summed E-state index contributed by atoms with van der Waals surface area (Å²) in [6.07, 6.45) is 0. The molecule has 27 heavy (non-hydrogen) atoms. The first-order valence-electron chi connectivity index (χ1n) is 8.25. The third kappa shape index (κ3) is 4.20. The van der Waals surface area contributed by atoms with Crippen molar-refractivity contribution in [3.8, 4) is 17.0 Å². The lowest BCUT2D eigenvalue weighted by molar-refractivity contribution is -0.117. The molecule has 138 valence electrons. The molecule has 0 unspecified atom stereocenters. The number of hydrogen-bond donors (Lipinski definition) is 1. The third-order valence-corrected chi connectivity index (χ3v) is 4.00. The fourth-order valence-corrected chi connectivity index (χ4v) is 2.57. The number of rotatable bonds is 5. The molecule has 0 bridgehead atoms. The van der Waals surface area contributed by atoms with Gasteiger partial charge in [0.1, 0.15) is 18.1 Å². The number of hydrogen-bond acceptors (Lipinski definition) is 4. The molecule has 0 fully saturated rings. The molecule has 0 spiro atoms. The highest BCUT2D eigenvalue weighted by molar-refractivity contribution is 5.90. The Morgan fingerprint density at radius 3 is 2.70 bits per heavy atom. The summed E-state index contributed by atoms with van der Waals surface area (Å²) in [6, 6.07) is 14.6. The summed E-state index contributed by atoms with van der Waals surface area (Å²) in [5, 5.41) is 6.82. The first-order chi connectivity index (χ1) is 13.0. The van der Waals surface area contributed by atoms with Crippen LogP contribution in [0.5, 0.6) is 5.75 Å². The molecule has 1 amide bonds. The van der Waals surface area contributed by atoms with Crippen molar-refractivity contribution in [2.75, 3.05) is 12.4 Å². The molecule has 0 aliphatic heterocycles. The van der Waals surface area contributed by atoms with E-state index in [0.717, 1.165) is 4.68 Å². The van der Waals surface area contributed by atoms with Crippen molar-refractivity contribution in [1.29, 1.82) is 0 Å². The van der Waals surface area contributed by atoms with Gasteiger partial charge in [-0.15, -0.1) is 0 Å². The number of carbonyl (C=O) groups excluding carboxylic acids is 1. The molecule has 2 aromatic carbocycles. The zero-order valence-electron chi connectivity index (χ0n) is 14.9. The molecule has 0 aliphatic carbocycles. The van der Waals surface area contributed by atoms with Crippen molar-refractivity contribution in [2.24, 2.45) is 0 Å². The van der Waals surface area contributed by atoms with Crippen LogP contribution in [-0.4, -0.2) is 22.8 Å². The Morgan fingerprint density at radius 1 is 1.19 bits per heavy atom. The number of nitrogens with one attached hydrogen (secondary N) is 1. The van der Waals surface area contributed by atoms with Crippen LogP contribution in [0.2, 0.25) is 0 Å². The fourth-order valence-electron chi connectivity index (χ4n) is 2.57. The van der Waals surface area contributed by atoms with E-state index in [2.05, 4.69) is 10.4 Å². The summed E-state index contributed by atoms with van der Waals surface area (Å²) in [5.41, 5.74) is 1.59. The minimum Gasteiger partial charge on any atom is -0.496 e. The number of halogens is 1. The largest absolute Gasteiger partial charge is 0.496 e. The van der Waals surface area contributed by atoms with Crippen molar-refractivity contribution in [1.82, 2.24) is 9.78 Å². The Labute approximate surface area is 155 Å². The van der Waals surface area contributed by atoms with Crippen molar-refractivity contribution < 1.29 is 13.9 Å². The predicted octanol–water partition coefficient (Wildman–Crippen LogP) is 3.01. The van der Waals surface area contributed by atoms with Crippen LogP contribution in [-0.2, 0) is 11.3 Å². The molecule has 1 aromatic heterocycles.